The number of urea groups is 1. The molecular weight excluding hydrogens is 667 g/mol. The van der Waals surface area contributed by atoms with E-state index in [0.717, 1.165) is 79.3 Å². The van der Waals surface area contributed by atoms with E-state index in [2.05, 4.69) is 56.9 Å². The van der Waals surface area contributed by atoms with Crippen molar-refractivity contribution in [2.45, 2.75) is 59.0 Å². The Labute approximate surface area is 308 Å². The minimum atomic E-state index is -0.368. The van der Waals surface area contributed by atoms with Crippen LogP contribution in [-0.2, 0) is 19.4 Å². The number of anilines is 4. The molecule has 0 atom stereocenters. The number of hydrogen-bond acceptors (Lipinski definition) is 8. The number of hydrogen-bond donors (Lipinski definition) is 3. The molecule has 0 aliphatic carbocycles. The van der Waals surface area contributed by atoms with Gasteiger partial charge in [-0.25, -0.2) is 24.4 Å². The predicted octanol–water partition coefficient (Wildman–Crippen LogP) is 8.32. The van der Waals surface area contributed by atoms with Gasteiger partial charge in [0.25, 0.3) is 5.91 Å². The Morgan fingerprint density at radius 2 is 1.66 bits per heavy atom. The minimum Gasteiger partial charge on any atom is -0.488 e. The molecule has 3 amide bonds. The lowest BCUT2D eigenvalue weighted by Crippen LogP contribution is -2.28. The number of likely N-dealkylation sites (tertiary alicyclic amines) is 1. The number of nitrogens with one attached hydrogen (secondary N) is 3. The van der Waals surface area contributed by atoms with E-state index in [1.54, 1.807) is 17.1 Å². The summed E-state index contributed by atoms with van der Waals surface area (Å²) in [6.45, 7) is 6.08. The number of rotatable bonds is 13. The topological polar surface area (TPSA) is 139 Å². The molecule has 7 rings (SSSR count). The second-order valence-corrected chi connectivity index (χ2v) is 13.0. The van der Waals surface area contributed by atoms with E-state index in [1.807, 2.05) is 71.6 Å². The zero-order valence-electron chi connectivity index (χ0n) is 30.0. The summed E-state index contributed by atoms with van der Waals surface area (Å²) in [7, 11) is 0. The lowest BCUT2D eigenvalue weighted by molar-refractivity contribution is 0.0786. The van der Waals surface area contributed by atoms with Crippen molar-refractivity contribution in [1.29, 1.82) is 0 Å². The zero-order chi connectivity index (χ0) is 36.6. The average Bonchev–Trinajstić information content (AvgIpc) is 3.88. The number of aryl methyl sites for hydroxylation is 2. The predicted molar refractivity (Wildman–Crippen MR) is 207 cm³/mol. The Balaban J connectivity index is 1.02. The molecule has 4 heterocycles. The number of fused-ring (bicyclic) bond motifs is 1. The normalized spacial score (nSPS) is 12.5. The van der Waals surface area contributed by atoms with Gasteiger partial charge in [-0.15, -0.1) is 0 Å². The lowest BCUT2D eigenvalue weighted by Gasteiger charge is -2.15. The molecular formula is C41H43N9O3. The van der Waals surface area contributed by atoms with Crippen LogP contribution in [-0.4, -0.2) is 54.7 Å². The molecule has 0 spiro atoms. The molecule has 12 nitrogen and oxygen atoms in total. The molecule has 1 aliphatic rings. The van der Waals surface area contributed by atoms with Crippen molar-refractivity contribution < 1.29 is 14.3 Å². The third-order valence-corrected chi connectivity index (χ3v) is 9.22. The number of carbonyl (C=O) groups excluding carboxylic acids is 2. The van der Waals surface area contributed by atoms with Gasteiger partial charge >= 0.3 is 6.03 Å². The minimum absolute atomic E-state index is 0.0906. The van der Waals surface area contributed by atoms with Crippen LogP contribution in [0.25, 0.3) is 16.5 Å². The molecule has 3 N–H and O–H groups in total. The summed E-state index contributed by atoms with van der Waals surface area (Å²) in [6.07, 6.45) is 10.6. The fraction of sp³-hybridized carbons (Fsp3) is 0.268. The van der Waals surface area contributed by atoms with E-state index < -0.39 is 0 Å². The van der Waals surface area contributed by atoms with Gasteiger partial charge in [0.2, 0.25) is 0 Å². The average molecular weight is 710 g/mol. The summed E-state index contributed by atoms with van der Waals surface area (Å²) in [6, 6.07) is 25.1. The molecule has 1 fully saturated rings. The van der Waals surface area contributed by atoms with Crippen LogP contribution in [0.4, 0.5) is 27.9 Å². The van der Waals surface area contributed by atoms with Gasteiger partial charge in [0, 0.05) is 36.1 Å². The van der Waals surface area contributed by atoms with Gasteiger partial charge in [-0.05, 0) is 79.6 Å². The first kappa shape index (κ1) is 35.1. The summed E-state index contributed by atoms with van der Waals surface area (Å²) in [4.78, 5) is 41.0. The maximum Gasteiger partial charge on any atom is 0.324 e. The van der Waals surface area contributed by atoms with Crippen LogP contribution in [0, 0.1) is 0 Å². The van der Waals surface area contributed by atoms with E-state index >= 15 is 0 Å². The second-order valence-electron chi connectivity index (χ2n) is 13.0. The SMILES string of the molecule is CCCCc1cc(NC(=O)Nc2ccc(OCc3ccnc(Nc4cnc(C(=O)N5CCCC5)cn4)c3)c3ccccc23)n(-c2cccc(CC)c2)n1. The van der Waals surface area contributed by atoms with Crippen molar-refractivity contribution >= 4 is 45.9 Å². The molecule has 270 valence electrons. The molecule has 3 aromatic heterocycles. The van der Waals surface area contributed by atoms with Gasteiger partial charge in [0.1, 0.15) is 35.5 Å². The van der Waals surface area contributed by atoms with Crippen molar-refractivity contribution in [3.05, 3.63) is 120 Å². The summed E-state index contributed by atoms with van der Waals surface area (Å²) >= 11 is 0. The Morgan fingerprint density at radius 1 is 0.811 bits per heavy atom. The largest absolute Gasteiger partial charge is 0.488 e. The van der Waals surface area contributed by atoms with E-state index in [1.165, 1.54) is 11.8 Å². The molecule has 1 saturated heterocycles. The number of aromatic nitrogens is 5. The second kappa shape index (κ2) is 16.4. The number of amides is 3. The Hall–Kier alpha value is -6.30. The van der Waals surface area contributed by atoms with Gasteiger partial charge in [0.05, 0.1) is 29.5 Å². The highest BCUT2D eigenvalue weighted by atomic mass is 16.5. The van der Waals surface area contributed by atoms with Crippen LogP contribution in [0.2, 0.25) is 0 Å². The highest BCUT2D eigenvalue weighted by Gasteiger charge is 2.21. The Bertz CT molecular complexity index is 2210. The van der Waals surface area contributed by atoms with E-state index in [0.29, 0.717) is 34.6 Å². The third-order valence-electron chi connectivity index (χ3n) is 9.22. The van der Waals surface area contributed by atoms with Crippen molar-refractivity contribution in [1.82, 2.24) is 29.6 Å². The van der Waals surface area contributed by atoms with Crippen LogP contribution in [0.15, 0.2) is 97.5 Å². The Morgan fingerprint density at radius 3 is 2.45 bits per heavy atom. The molecule has 0 unspecified atom stereocenters. The van der Waals surface area contributed by atoms with Gasteiger partial charge in [0.15, 0.2) is 0 Å². The standard InChI is InChI=1S/C41H43N9O3/c1-3-5-12-30-24-39(50(48-30)31-13-10-11-28(4-2)22-31)47-41(52)45-34-16-17-36(33-15-7-6-14-32(33)34)53-27-29-18-19-42-37(23-29)46-38-26-43-35(25-44-38)40(51)49-20-8-9-21-49/h6-7,10-11,13-19,22-26H,3-5,8-9,12,20-21,27H2,1-2H3,(H,42,44,46)(H2,45,47,52). The number of ether oxygens (including phenoxy) is 1. The number of unbranched alkanes of at least 4 members (excludes halogenated alkanes) is 1. The van der Waals surface area contributed by atoms with Gasteiger partial charge in [-0.1, -0.05) is 56.7 Å². The maximum absolute atomic E-state index is 13.5. The molecule has 0 bridgehead atoms. The van der Waals surface area contributed by atoms with Crippen molar-refractivity contribution in [3.63, 3.8) is 0 Å². The number of carbonyl (C=O) groups is 2. The highest BCUT2D eigenvalue weighted by molar-refractivity contribution is 6.07. The van der Waals surface area contributed by atoms with E-state index in [4.69, 9.17) is 9.84 Å². The molecule has 0 radical (unpaired) electrons. The van der Waals surface area contributed by atoms with E-state index in [-0.39, 0.29) is 18.5 Å². The fourth-order valence-electron chi connectivity index (χ4n) is 6.39. The molecule has 6 aromatic rings. The van der Waals surface area contributed by atoms with Gasteiger partial charge < -0.3 is 20.3 Å². The Kier molecular flexibility index (Phi) is 10.8. The first-order chi connectivity index (χ1) is 26.0. The van der Waals surface area contributed by atoms with Crippen molar-refractivity contribution in [2.24, 2.45) is 0 Å². The zero-order valence-corrected chi connectivity index (χ0v) is 30.0. The fourth-order valence-corrected chi connectivity index (χ4v) is 6.39. The molecule has 12 heteroatoms. The monoisotopic (exact) mass is 709 g/mol. The lowest BCUT2D eigenvalue weighted by atomic mass is 10.1. The number of benzene rings is 3. The molecule has 1 aliphatic heterocycles. The van der Waals surface area contributed by atoms with Crippen LogP contribution >= 0.6 is 0 Å². The first-order valence-corrected chi connectivity index (χ1v) is 18.2. The summed E-state index contributed by atoms with van der Waals surface area (Å²) in [5, 5.41) is 15.8. The van der Waals surface area contributed by atoms with Crippen molar-refractivity contribution in [2.75, 3.05) is 29.0 Å². The van der Waals surface area contributed by atoms with Crippen molar-refractivity contribution in [3.8, 4) is 11.4 Å². The molecule has 0 saturated carbocycles. The number of nitrogens with zero attached hydrogens (tertiary/aromatic N) is 6. The first-order valence-electron chi connectivity index (χ1n) is 18.2. The quantitative estimate of drug-likeness (QED) is 0.109. The molecule has 3 aromatic carbocycles. The molecule has 53 heavy (non-hydrogen) atoms. The summed E-state index contributed by atoms with van der Waals surface area (Å²) < 4.78 is 8.12. The van der Waals surface area contributed by atoms with E-state index in [9.17, 15) is 9.59 Å². The van der Waals surface area contributed by atoms with Gasteiger partial charge in [-0.3, -0.25) is 10.1 Å². The number of pyridine rings is 1. The van der Waals surface area contributed by atoms with Gasteiger partial charge in [-0.2, -0.15) is 5.10 Å². The van der Waals surface area contributed by atoms with Crippen LogP contribution in [0.5, 0.6) is 5.75 Å². The van der Waals surface area contributed by atoms with Crippen LogP contribution in [0.3, 0.4) is 0 Å². The smallest absolute Gasteiger partial charge is 0.324 e. The maximum atomic E-state index is 13.5. The van der Waals surface area contributed by atoms with Crippen LogP contribution in [0.1, 0.15) is 66.8 Å². The summed E-state index contributed by atoms with van der Waals surface area (Å²) in [5.41, 5.74) is 4.91. The highest BCUT2D eigenvalue weighted by Crippen LogP contribution is 2.32. The third kappa shape index (κ3) is 8.44. The van der Waals surface area contributed by atoms with Crippen LogP contribution < -0.4 is 20.7 Å². The summed E-state index contributed by atoms with van der Waals surface area (Å²) in [5.74, 6) is 2.25.